The van der Waals surface area contributed by atoms with Gasteiger partial charge in [0, 0.05) is 7.05 Å². The van der Waals surface area contributed by atoms with Crippen LogP contribution in [0.3, 0.4) is 0 Å². The van der Waals surface area contributed by atoms with E-state index in [-0.39, 0.29) is 30.2 Å². The molecule has 2 aromatic carbocycles. The fraction of sp³-hybridized carbons (Fsp3) is 0.304. The SMILES string of the molecule is CCOC(=O)C1=C(COc2cccc(C(F)(F)F)c2)N(C)C(=O)N[C@@H]1c1ccc(C)cc1. The first kappa shape index (κ1) is 23.2. The lowest BCUT2D eigenvalue weighted by atomic mass is 9.94. The molecule has 6 nitrogen and oxygen atoms in total. The van der Waals surface area contributed by atoms with Crippen LogP contribution in [0.5, 0.6) is 5.75 Å². The number of alkyl halides is 3. The maximum atomic E-state index is 13.0. The summed E-state index contributed by atoms with van der Waals surface area (Å²) in [7, 11) is 1.45. The number of hydrogen-bond donors (Lipinski definition) is 1. The first-order valence-corrected chi connectivity index (χ1v) is 9.92. The highest BCUT2D eigenvalue weighted by atomic mass is 19.4. The van der Waals surface area contributed by atoms with Crippen molar-refractivity contribution in [3.8, 4) is 5.75 Å². The number of nitrogens with zero attached hydrogens (tertiary/aromatic N) is 1. The van der Waals surface area contributed by atoms with E-state index >= 15 is 0 Å². The number of urea groups is 1. The summed E-state index contributed by atoms with van der Waals surface area (Å²) in [5.74, 6) is -0.686. The van der Waals surface area contributed by atoms with Crippen LogP contribution in [0.15, 0.2) is 59.8 Å². The van der Waals surface area contributed by atoms with Crippen LogP contribution in [0.25, 0.3) is 0 Å². The molecule has 1 atom stereocenters. The van der Waals surface area contributed by atoms with Crippen LogP contribution in [0, 0.1) is 6.92 Å². The average Bonchev–Trinajstić information content (AvgIpc) is 2.74. The number of likely N-dealkylation sites (N-methyl/N-ethyl adjacent to an activating group) is 1. The molecule has 1 N–H and O–H groups in total. The van der Waals surface area contributed by atoms with Crippen molar-refractivity contribution in [3.05, 3.63) is 76.5 Å². The predicted molar refractivity (Wildman–Crippen MR) is 111 cm³/mol. The third-order valence-corrected chi connectivity index (χ3v) is 5.02. The summed E-state index contributed by atoms with van der Waals surface area (Å²) in [6.07, 6.45) is -4.52. The number of aryl methyl sites for hydroxylation is 1. The highest BCUT2D eigenvalue weighted by molar-refractivity contribution is 5.95. The van der Waals surface area contributed by atoms with Crippen molar-refractivity contribution in [1.29, 1.82) is 0 Å². The van der Waals surface area contributed by atoms with E-state index in [1.54, 1.807) is 19.1 Å². The largest absolute Gasteiger partial charge is 0.487 e. The maximum absolute atomic E-state index is 13.0. The van der Waals surface area contributed by atoms with Gasteiger partial charge in [-0.3, -0.25) is 4.90 Å². The van der Waals surface area contributed by atoms with Crippen LogP contribution < -0.4 is 10.1 Å². The fourth-order valence-electron chi connectivity index (χ4n) is 3.30. The number of ether oxygens (including phenoxy) is 2. The number of hydrogen-bond acceptors (Lipinski definition) is 4. The minimum atomic E-state index is -4.52. The first-order valence-electron chi connectivity index (χ1n) is 9.92. The van der Waals surface area contributed by atoms with Crippen molar-refractivity contribution in [1.82, 2.24) is 10.2 Å². The second kappa shape index (κ2) is 9.33. The summed E-state index contributed by atoms with van der Waals surface area (Å²) >= 11 is 0. The monoisotopic (exact) mass is 448 g/mol. The minimum absolute atomic E-state index is 0.0400. The molecule has 0 fully saturated rings. The number of carbonyl (C=O) groups is 2. The standard InChI is InChI=1S/C23H23F3N2O4/c1-4-31-21(29)19-18(13-32-17-7-5-6-16(12-17)23(24,25)26)28(3)22(30)27-20(19)15-10-8-14(2)9-11-15/h5-12,20H,4,13H2,1-3H3,(H,27,30)/t20-/m1/s1. The molecular formula is C23H23F3N2O4. The van der Waals surface area contributed by atoms with Gasteiger partial charge >= 0.3 is 18.2 Å². The quantitative estimate of drug-likeness (QED) is 0.656. The molecule has 2 amide bonds. The van der Waals surface area contributed by atoms with E-state index in [0.717, 1.165) is 17.7 Å². The molecule has 1 aliphatic heterocycles. The van der Waals surface area contributed by atoms with Crippen molar-refractivity contribution < 1.29 is 32.2 Å². The molecule has 1 heterocycles. The Kier molecular flexibility index (Phi) is 6.76. The van der Waals surface area contributed by atoms with Crippen LogP contribution >= 0.6 is 0 Å². The van der Waals surface area contributed by atoms with Gasteiger partial charge in [-0.2, -0.15) is 13.2 Å². The highest BCUT2D eigenvalue weighted by Crippen LogP contribution is 2.33. The summed E-state index contributed by atoms with van der Waals surface area (Å²) in [6.45, 7) is 3.38. The molecule has 0 saturated carbocycles. The molecule has 0 saturated heterocycles. The van der Waals surface area contributed by atoms with Gasteiger partial charge in [0.2, 0.25) is 0 Å². The van der Waals surface area contributed by atoms with Crippen LogP contribution in [-0.2, 0) is 15.7 Å². The Morgan fingerprint density at radius 2 is 1.84 bits per heavy atom. The molecule has 0 aliphatic carbocycles. The summed E-state index contributed by atoms with van der Waals surface area (Å²) in [5, 5.41) is 2.77. The number of carbonyl (C=O) groups excluding carboxylic acids is 2. The zero-order chi connectivity index (χ0) is 23.5. The normalized spacial score (nSPS) is 16.6. The van der Waals surface area contributed by atoms with Gasteiger partial charge in [0.15, 0.2) is 0 Å². The van der Waals surface area contributed by atoms with E-state index in [1.807, 2.05) is 19.1 Å². The molecule has 0 spiro atoms. The Bertz CT molecular complexity index is 1030. The second-order valence-corrected chi connectivity index (χ2v) is 7.25. The van der Waals surface area contributed by atoms with Crippen molar-refractivity contribution in [2.75, 3.05) is 20.3 Å². The molecule has 0 aromatic heterocycles. The van der Waals surface area contributed by atoms with Gasteiger partial charge in [-0.05, 0) is 37.6 Å². The van der Waals surface area contributed by atoms with E-state index in [1.165, 1.54) is 24.1 Å². The lowest BCUT2D eigenvalue weighted by Crippen LogP contribution is -2.48. The molecule has 2 aromatic rings. The molecule has 9 heteroatoms. The highest BCUT2D eigenvalue weighted by Gasteiger charge is 2.37. The van der Waals surface area contributed by atoms with E-state index in [4.69, 9.17) is 9.47 Å². The number of amides is 2. The third kappa shape index (κ3) is 5.04. The summed E-state index contributed by atoms with van der Waals surface area (Å²) in [4.78, 5) is 26.6. The van der Waals surface area contributed by atoms with E-state index in [0.29, 0.717) is 5.56 Å². The molecule has 32 heavy (non-hydrogen) atoms. The Morgan fingerprint density at radius 1 is 1.16 bits per heavy atom. The number of esters is 1. The summed E-state index contributed by atoms with van der Waals surface area (Å²) < 4.78 is 49.8. The zero-order valence-electron chi connectivity index (χ0n) is 17.8. The first-order chi connectivity index (χ1) is 15.1. The van der Waals surface area contributed by atoms with Gasteiger partial charge in [-0.1, -0.05) is 35.9 Å². The smallest absolute Gasteiger partial charge is 0.416 e. The van der Waals surface area contributed by atoms with Crippen molar-refractivity contribution in [2.45, 2.75) is 26.1 Å². The minimum Gasteiger partial charge on any atom is -0.487 e. The van der Waals surface area contributed by atoms with Gasteiger partial charge in [-0.15, -0.1) is 0 Å². The lowest BCUT2D eigenvalue weighted by molar-refractivity contribution is -0.139. The molecular weight excluding hydrogens is 425 g/mol. The van der Waals surface area contributed by atoms with E-state index in [2.05, 4.69) is 5.32 Å². The number of halogens is 3. The predicted octanol–water partition coefficient (Wildman–Crippen LogP) is 4.61. The van der Waals surface area contributed by atoms with Crippen LogP contribution in [0.4, 0.5) is 18.0 Å². The number of benzene rings is 2. The van der Waals surface area contributed by atoms with Crippen LogP contribution in [0.1, 0.15) is 29.7 Å². The van der Waals surface area contributed by atoms with Gasteiger partial charge in [0.1, 0.15) is 12.4 Å². The second-order valence-electron chi connectivity index (χ2n) is 7.25. The lowest BCUT2D eigenvalue weighted by Gasteiger charge is -2.34. The molecule has 3 rings (SSSR count). The molecule has 1 aliphatic rings. The number of rotatable bonds is 6. The third-order valence-electron chi connectivity index (χ3n) is 5.02. The van der Waals surface area contributed by atoms with Crippen molar-refractivity contribution >= 4 is 12.0 Å². The van der Waals surface area contributed by atoms with Crippen LogP contribution in [-0.4, -0.2) is 37.2 Å². The Hall–Kier alpha value is -3.49. The molecule has 0 unspecified atom stereocenters. The van der Waals surface area contributed by atoms with E-state index < -0.39 is 29.8 Å². The van der Waals surface area contributed by atoms with Gasteiger partial charge in [-0.25, -0.2) is 9.59 Å². The topological polar surface area (TPSA) is 67.9 Å². The summed E-state index contributed by atoms with van der Waals surface area (Å²) in [6, 6.07) is 10.4. The van der Waals surface area contributed by atoms with Crippen molar-refractivity contribution in [3.63, 3.8) is 0 Å². The molecule has 0 bridgehead atoms. The molecule has 170 valence electrons. The van der Waals surface area contributed by atoms with Gasteiger partial charge in [0.25, 0.3) is 0 Å². The molecule has 0 radical (unpaired) electrons. The number of nitrogens with one attached hydrogen (secondary N) is 1. The van der Waals surface area contributed by atoms with Gasteiger partial charge in [0.05, 0.1) is 29.5 Å². The zero-order valence-corrected chi connectivity index (χ0v) is 17.8. The van der Waals surface area contributed by atoms with Crippen molar-refractivity contribution in [2.24, 2.45) is 0 Å². The average molecular weight is 448 g/mol. The van der Waals surface area contributed by atoms with Crippen LogP contribution in [0.2, 0.25) is 0 Å². The Labute approximate surface area is 183 Å². The Balaban J connectivity index is 2.00. The summed E-state index contributed by atoms with van der Waals surface area (Å²) in [5.41, 5.74) is 1.17. The van der Waals surface area contributed by atoms with Gasteiger partial charge < -0.3 is 14.8 Å². The Morgan fingerprint density at radius 3 is 2.47 bits per heavy atom. The fourth-order valence-corrected chi connectivity index (χ4v) is 3.30. The van der Waals surface area contributed by atoms with E-state index in [9.17, 15) is 22.8 Å². The maximum Gasteiger partial charge on any atom is 0.416 e.